The highest BCUT2D eigenvalue weighted by molar-refractivity contribution is 6.07. The van der Waals surface area contributed by atoms with Crippen LogP contribution in [0.4, 0.5) is 5.69 Å². The second kappa shape index (κ2) is 5.28. The first-order chi connectivity index (χ1) is 10.9. The third-order valence-electron chi connectivity index (χ3n) is 3.66. The Balaban J connectivity index is 2.02. The smallest absolute Gasteiger partial charge is 0.356 e. The van der Waals surface area contributed by atoms with E-state index in [-0.39, 0.29) is 11.3 Å². The van der Waals surface area contributed by atoms with Crippen LogP contribution in [0.3, 0.4) is 0 Å². The van der Waals surface area contributed by atoms with Crippen LogP contribution in [0, 0.1) is 6.92 Å². The summed E-state index contributed by atoms with van der Waals surface area (Å²) < 4.78 is 4.93. The van der Waals surface area contributed by atoms with E-state index in [0.717, 1.165) is 5.56 Å². The minimum atomic E-state index is -0.850. The first-order valence-corrected chi connectivity index (χ1v) is 6.96. The van der Waals surface area contributed by atoms with E-state index in [9.17, 15) is 19.5 Å². The maximum Gasteiger partial charge on any atom is 0.356 e. The molecule has 1 aliphatic heterocycles. The van der Waals surface area contributed by atoms with Crippen molar-refractivity contribution in [3.8, 4) is 5.75 Å². The molecule has 7 nitrogen and oxygen atoms in total. The van der Waals surface area contributed by atoms with Crippen molar-refractivity contribution in [1.82, 2.24) is 4.98 Å². The van der Waals surface area contributed by atoms with Gasteiger partial charge in [0.05, 0.1) is 5.56 Å². The summed E-state index contributed by atoms with van der Waals surface area (Å²) in [5.41, 5.74) is 0.202. The van der Waals surface area contributed by atoms with Gasteiger partial charge in [0.15, 0.2) is 0 Å². The van der Waals surface area contributed by atoms with Gasteiger partial charge in [0.1, 0.15) is 23.1 Å². The Hall–Kier alpha value is -3.09. The highest BCUT2D eigenvalue weighted by Gasteiger charge is 2.35. The lowest BCUT2D eigenvalue weighted by Crippen LogP contribution is -2.25. The summed E-state index contributed by atoms with van der Waals surface area (Å²) >= 11 is 0. The molecule has 0 unspecified atom stereocenters. The molecule has 23 heavy (non-hydrogen) atoms. The van der Waals surface area contributed by atoms with E-state index in [1.165, 1.54) is 0 Å². The SMILES string of the molecule is Cc1ccc(NC(=O)c2c(O)c3c([nH]c2=O)C(=O)O[C@@H]3C)cc1. The van der Waals surface area contributed by atoms with Gasteiger partial charge in [-0.2, -0.15) is 0 Å². The second-order valence-electron chi connectivity index (χ2n) is 5.33. The molecule has 118 valence electrons. The van der Waals surface area contributed by atoms with Crippen molar-refractivity contribution >= 4 is 17.6 Å². The molecule has 7 heteroatoms. The Morgan fingerprint density at radius 3 is 2.57 bits per heavy atom. The summed E-state index contributed by atoms with van der Waals surface area (Å²) in [6, 6.07) is 6.97. The Labute approximate surface area is 130 Å². The summed E-state index contributed by atoms with van der Waals surface area (Å²) in [5, 5.41) is 12.8. The number of carbonyl (C=O) groups excluding carboxylic acids is 2. The van der Waals surface area contributed by atoms with Gasteiger partial charge < -0.3 is 20.1 Å². The number of ether oxygens (including phenoxy) is 1. The number of rotatable bonds is 2. The standard InChI is InChI=1S/C16H14N2O5/c1-7-3-5-9(6-4-7)17-14(20)11-13(19)10-8(2)23-16(22)12(10)18-15(11)21/h3-6,8H,1-2H3,(H,17,20)(H2,18,19,21)/t8-/m1/s1. The van der Waals surface area contributed by atoms with E-state index in [1.54, 1.807) is 31.2 Å². The number of carbonyl (C=O) groups is 2. The molecule has 0 bridgehead atoms. The van der Waals surface area contributed by atoms with Gasteiger partial charge in [0, 0.05) is 5.69 Å². The summed E-state index contributed by atoms with van der Waals surface area (Å²) in [5.74, 6) is -2.03. The van der Waals surface area contributed by atoms with E-state index in [0.29, 0.717) is 5.69 Å². The lowest BCUT2D eigenvalue weighted by molar-refractivity contribution is 0.0416. The second-order valence-corrected chi connectivity index (χ2v) is 5.33. The van der Waals surface area contributed by atoms with Gasteiger partial charge in [-0.05, 0) is 26.0 Å². The molecule has 2 heterocycles. The van der Waals surface area contributed by atoms with E-state index in [1.807, 2.05) is 6.92 Å². The molecule has 0 saturated carbocycles. The van der Waals surface area contributed by atoms with Gasteiger partial charge >= 0.3 is 5.97 Å². The average Bonchev–Trinajstić information content (AvgIpc) is 2.76. The van der Waals surface area contributed by atoms with E-state index >= 15 is 0 Å². The van der Waals surface area contributed by atoms with E-state index < -0.39 is 34.9 Å². The Morgan fingerprint density at radius 1 is 1.26 bits per heavy atom. The van der Waals surface area contributed by atoms with Crippen LogP contribution >= 0.6 is 0 Å². The number of esters is 1. The first kappa shape index (κ1) is 14.8. The molecule has 1 aromatic heterocycles. The fourth-order valence-electron chi connectivity index (χ4n) is 2.48. The Morgan fingerprint density at radius 2 is 1.91 bits per heavy atom. The number of hydrogen-bond acceptors (Lipinski definition) is 5. The van der Waals surface area contributed by atoms with Crippen LogP contribution in [0.5, 0.6) is 5.75 Å². The van der Waals surface area contributed by atoms with Crippen molar-refractivity contribution in [3.05, 3.63) is 57.0 Å². The number of anilines is 1. The number of benzene rings is 1. The summed E-state index contributed by atoms with van der Waals surface area (Å²) in [6.45, 7) is 3.45. The third kappa shape index (κ3) is 2.46. The molecular weight excluding hydrogens is 300 g/mol. The number of nitrogens with one attached hydrogen (secondary N) is 2. The molecule has 3 N–H and O–H groups in total. The maximum absolute atomic E-state index is 12.3. The summed E-state index contributed by atoms with van der Waals surface area (Å²) in [4.78, 5) is 38.2. The van der Waals surface area contributed by atoms with Crippen molar-refractivity contribution in [2.45, 2.75) is 20.0 Å². The molecule has 0 fully saturated rings. The minimum absolute atomic E-state index is 0.114. The first-order valence-electron chi connectivity index (χ1n) is 6.96. The van der Waals surface area contributed by atoms with Gasteiger partial charge in [-0.1, -0.05) is 17.7 Å². The van der Waals surface area contributed by atoms with Gasteiger partial charge in [-0.25, -0.2) is 4.79 Å². The number of aromatic amines is 1. The largest absolute Gasteiger partial charge is 0.506 e. The monoisotopic (exact) mass is 314 g/mol. The summed E-state index contributed by atoms with van der Waals surface area (Å²) in [6.07, 6.45) is -0.736. The van der Waals surface area contributed by atoms with Crippen LogP contribution < -0.4 is 10.9 Å². The quantitative estimate of drug-likeness (QED) is 0.733. The minimum Gasteiger partial charge on any atom is -0.506 e. The number of aromatic hydroxyl groups is 1. The van der Waals surface area contributed by atoms with Crippen molar-refractivity contribution < 1.29 is 19.4 Å². The van der Waals surface area contributed by atoms with Gasteiger partial charge in [0.25, 0.3) is 11.5 Å². The van der Waals surface area contributed by atoms with Crippen LogP contribution in [-0.4, -0.2) is 22.0 Å². The molecule has 1 aromatic carbocycles. The fraction of sp³-hybridized carbons (Fsp3) is 0.188. The molecule has 0 spiro atoms. The molecule has 0 saturated heterocycles. The Bertz CT molecular complexity index is 867. The van der Waals surface area contributed by atoms with Crippen LogP contribution in [0.25, 0.3) is 0 Å². The van der Waals surface area contributed by atoms with Crippen LogP contribution in [0.15, 0.2) is 29.1 Å². The molecule has 1 atom stereocenters. The number of H-pyrrole nitrogens is 1. The van der Waals surface area contributed by atoms with Crippen LogP contribution in [0.1, 0.15) is 45.0 Å². The zero-order valence-electron chi connectivity index (χ0n) is 12.5. The number of fused-ring (bicyclic) bond motifs is 1. The highest BCUT2D eigenvalue weighted by Crippen LogP contribution is 2.36. The fourth-order valence-corrected chi connectivity index (χ4v) is 2.48. The summed E-state index contributed by atoms with van der Waals surface area (Å²) in [7, 11) is 0. The predicted molar refractivity (Wildman–Crippen MR) is 81.7 cm³/mol. The molecule has 3 rings (SSSR count). The maximum atomic E-state index is 12.3. The molecule has 1 aliphatic rings. The molecule has 1 amide bonds. The average molecular weight is 314 g/mol. The lowest BCUT2D eigenvalue weighted by atomic mass is 10.1. The van der Waals surface area contributed by atoms with Gasteiger partial charge in [-0.3, -0.25) is 9.59 Å². The van der Waals surface area contributed by atoms with E-state index in [2.05, 4.69) is 10.3 Å². The molecular formula is C16H14N2O5. The molecule has 0 radical (unpaired) electrons. The van der Waals surface area contributed by atoms with Crippen LogP contribution in [0.2, 0.25) is 0 Å². The number of hydrogen-bond donors (Lipinski definition) is 3. The normalized spacial score (nSPS) is 15.9. The van der Waals surface area contributed by atoms with Gasteiger partial charge in [-0.15, -0.1) is 0 Å². The highest BCUT2D eigenvalue weighted by atomic mass is 16.5. The topological polar surface area (TPSA) is 108 Å². The lowest BCUT2D eigenvalue weighted by Gasteiger charge is -2.10. The number of aromatic nitrogens is 1. The van der Waals surface area contributed by atoms with Gasteiger partial charge in [0.2, 0.25) is 0 Å². The Kier molecular flexibility index (Phi) is 3.40. The number of aryl methyl sites for hydroxylation is 1. The van der Waals surface area contributed by atoms with Crippen LogP contribution in [-0.2, 0) is 4.74 Å². The van der Waals surface area contributed by atoms with Crippen molar-refractivity contribution in [3.63, 3.8) is 0 Å². The third-order valence-corrected chi connectivity index (χ3v) is 3.66. The molecule has 2 aromatic rings. The number of amides is 1. The molecule has 0 aliphatic carbocycles. The number of pyridine rings is 1. The number of cyclic esters (lactones) is 1. The van der Waals surface area contributed by atoms with E-state index in [4.69, 9.17) is 4.74 Å². The van der Waals surface area contributed by atoms with Crippen molar-refractivity contribution in [2.75, 3.05) is 5.32 Å². The zero-order chi connectivity index (χ0) is 16.7. The van der Waals surface area contributed by atoms with Crippen molar-refractivity contribution in [2.24, 2.45) is 0 Å². The zero-order valence-corrected chi connectivity index (χ0v) is 12.5. The predicted octanol–water partition coefficient (Wildman–Crippen LogP) is 1.87. The van der Waals surface area contributed by atoms with Crippen molar-refractivity contribution in [1.29, 1.82) is 0 Å².